The van der Waals surface area contributed by atoms with Gasteiger partial charge in [-0.25, -0.2) is 9.59 Å². The lowest BCUT2D eigenvalue weighted by molar-refractivity contribution is -0.152. The van der Waals surface area contributed by atoms with Crippen molar-refractivity contribution in [2.24, 2.45) is 0 Å². The Morgan fingerprint density at radius 1 is 0.763 bits per heavy atom. The van der Waals surface area contributed by atoms with E-state index in [0.29, 0.717) is 0 Å². The number of ether oxygens (including phenoxy) is 2. The summed E-state index contributed by atoms with van der Waals surface area (Å²) in [6, 6.07) is 33.4. The summed E-state index contributed by atoms with van der Waals surface area (Å²) in [7, 11) is 0. The molecule has 0 aromatic heterocycles. The van der Waals surface area contributed by atoms with Gasteiger partial charge in [0.15, 0.2) is 12.1 Å². The van der Waals surface area contributed by atoms with E-state index in [0.717, 1.165) is 33.4 Å². The summed E-state index contributed by atoms with van der Waals surface area (Å²) in [6.07, 6.45) is -2.70. The molecule has 0 radical (unpaired) electrons. The average Bonchev–Trinajstić information content (AvgIpc) is 3.28. The first-order valence-electron chi connectivity index (χ1n) is 12.6. The zero-order valence-corrected chi connectivity index (χ0v) is 21.0. The summed E-state index contributed by atoms with van der Waals surface area (Å²) in [5, 5.41) is 12.9. The lowest BCUT2D eigenvalue weighted by atomic mass is 9.98. The fourth-order valence-electron chi connectivity index (χ4n) is 4.92. The topological polar surface area (TPSA) is 84.9 Å². The van der Waals surface area contributed by atoms with Crippen molar-refractivity contribution in [3.05, 3.63) is 131 Å². The first-order chi connectivity index (χ1) is 18.5. The Hall–Kier alpha value is -4.42. The lowest BCUT2D eigenvalue weighted by Gasteiger charge is -2.25. The van der Waals surface area contributed by atoms with Gasteiger partial charge in [-0.05, 0) is 40.3 Å². The minimum Gasteiger partial charge on any atom is -0.451 e. The number of fused-ring (bicyclic) bond motifs is 3. The third-order valence-corrected chi connectivity index (χ3v) is 6.79. The number of hydrogen-bond donors (Lipinski definition) is 2. The smallest absolute Gasteiger partial charge is 0.407 e. The van der Waals surface area contributed by atoms with Crippen LogP contribution in [0.25, 0.3) is 11.1 Å². The number of aliphatic hydroxyl groups excluding tert-OH is 1. The number of nitrogens with one attached hydrogen (secondary N) is 1. The molecule has 5 rings (SSSR count). The van der Waals surface area contributed by atoms with E-state index in [-0.39, 0.29) is 12.5 Å². The highest BCUT2D eigenvalue weighted by Gasteiger charge is 2.33. The van der Waals surface area contributed by atoms with E-state index in [9.17, 15) is 14.7 Å². The van der Waals surface area contributed by atoms with Gasteiger partial charge < -0.3 is 19.9 Å². The predicted octanol–water partition coefficient (Wildman–Crippen LogP) is 5.61. The fraction of sp³-hybridized carbons (Fsp3) is 0.188. The minimum absolute atomic E-state index is 0.0953. The Balaban J connectivity index is 1.28. The Morgan fingerprint density at radius 2 is 1.24 bits per heavy atom. The Bertz CT molecular complexity index is 1320. The Labute approximate surface area is 221 Å². The molecule has 2 atom stereocenters. The van der Waals surface area contributed by atoms with Gasteiger partial charge in [-0.15, -0.1) is 0 Å². The molecule has 6 nitrogen and oxygen atoms in total. The van der Waals surface area contributed by atoms with Gasteiger partial charge in [0, 0.05) is 5.92 Å². The van der Waals surface area contributed by atoms with Gasteiger partial charge in [0.25, 0.3) is 0 Å². The molecule has 0 saturated carbocycles. The highest BCUT2D eigenvalue weighted by atomic mass is 16.6. The molecular weight excluding hydrogens is 478 g/mol. The summed E-state index contributed by atoms with van der Waals surface area (Å²) in [6.45, 7) is 1.52. The predicted molar refractivity (Wildman–Crippen MR) is 144 cm³/mol. The van der Waals surface area contributed by atoms with Crippen LogP contribution in [0.15, 0.2) is 109 Å². The van der Waals surface area contributed by atoms with Crippen molar-refractivity contribution in [3.63, 3.8) is 0 Å². The van der Waals surface area contributed by atoms with Crippen LogP contribution in [-0.4, -0.2) is 35.9 Å². The molecule has 4 aromatic carbocycles. The molecule has 0 bridgehead atoms. The summed E-state index contributed by atoms with van der Waals surface area (Å²) in [4.78, 5) is 26.0. The third-order valence-electron chi connectivity index (χ3n) is 6.79. The summed E-state index contributed by atoms with van der Waals surface area (Å²) in [5.74, 6) is -0.878. The largest absolute Gasteiger partial charge is 0.451 e. The molecule has 1 amide bonds. The van der Waals surface area contributed by atoms with Crippen molar-refractivity contribution in [2.45, 2.75) is 31.1 Å². The normalized spacial score (nSPS) is 13.8. The summed E-state index contributed by atoms with van der Waals surface area (Å²) >= 11 is 0. The van der Waals surface area contributed by atoms with E-state index in [4.69, 9.17) is 9.47 Å². The molecule has 1 aliphatic rings. The van der Waals surface area contributed by atoms with Crippen molar-refractivity contribution in [1.29, 1.82) is 0 Å². The number of alkyl carbamates (subject to hydrolysis) is 1. The van der Waals surface area contributed by atoms with Crippen LogP contribution >= 0.6 is 0 Å². The molecule has 0 aliphatic heterocycles. The maximum atomic E-state index is 13.2. The van der Waals surface area contributed by atoms with Crippen molar-refractivity contribution in [1.82, 2.24) is 5.32 Å². The van der Waals surface area contributed by atoms with Crippen molar-refractivity contribution >= 4 is 12.1 Å². The second kappa shape index (κ2) is 11.3. The van der Waals surface area contributed by atoms with Crippen LogP contribution < -0.4 is 5.32 Å². The molecule has 0 heterocycles. The molecular formula is C32H29NO5. The van der Waals surface area contributed by atoms with Gasteiger partial charge >= 0.3 is 12.1 Å². The van der Waals surface area contributed by atoms with Gasteiger partial charge in [0.2, 0.25) is 0 Å². The minimum atomic E-state index is -1.31. The van der Waals surface area contributed by atoms with Crippen LogP contribution in [0.5, 0.6) is 0 Å². The number of amides is 1. The maximum Gasteiger partial charge on any atom is 0.407 e. The Morgan fingerprint density at radius 3 is 1.74 bits per heavy atom. The number of rotatable bonds is 8. The molecule has 0 fully saturated rings. The molecule has 6 heteroatoms. The molecule has 1 aliphatic carbocycles. The van der Waals surface area contributed by atoms with Crippen LogP contribution in [0.1, 0.15) is 41.2 Å². The van der Waals surface area contributed by atoms with Gasteiger partial charge in [-0.2, -0.15) is 0 Å². The monoisotopic (exact) mass is 507 g/mol. The maximum absolute atomic E-state index is 13.2. The quantitative estimate of drug-likeness (QED) is 0.303. The standard InChI is InChI=1S/C32H29NO5/c1-21(34)29(31(35)38-30(22-12-4-2-5-13-22)23-14-6-3-7-15-23)33-32(36)37-20-28-26-18-10-8-16-24(26)25-17-9-11-19-27(25)28/h2-19,21,28-30,34H,20H2,1H3,(H,33,36)/t21-,29+/m1/s1. The van der Waals surface area contributed by atoms with E-state index in [1.807, 2.05) is 97.1 Å². The van der Waals surface area contributed by atoms with E-state index in [1.165, 1.54) is 6.92 Å². The molecule has 0 spiro atoms. The first-order valence-corrected chi connectivity index (χ1v) is 12.6. The lowest BCUT2D eigenvalue weighted by Crippen LogP contribution is -2.49. The molecule has 38 heavy (non-hydrogen) atoms. The molecule has 4 aromatic rings. The summed E-state index contributed by atoms with van der Waals surface area (Å²) < 4.78 is 11.4. The van der Waals surface area contributed by atoms with Crippen LogP contribution in [0.2, 0.25) is 0 Å². The molecule has 0 unspecified atom stereocenters. The SMILES string of the molecule is C[C@@H](O)[C@H](NC(=O)OCC1c2ccccc2-c2ccccc21)C(=O)OC(c1ccccc1)c1ccccc1. The number of benzene rings is 4. The van der Waals surface area contributed by atoms with Gasteiger partial charge in [-0.1, -0.05) is 109 Å². The highest BCUT2D eigenvalue weighted by Crippen LogP contribution is 2.44. The molecule has 192 valence electrons. The second-order valence-electron chi connectivity index (χ2n) is 9.33. The molecule has 2 N–H and O–H groups in total. The fourth-order valence-corrected chi connectivity index (χ4v) is 4.92. The van der Waals surface area contributed by atoms with Crippen LogP contribution in [-0.2, 0) is 14.3 Å². The van der Waals surface area contributed by atoms with E-state index in [1.54, 1.807) is 0 Å². The number of carbonyl (C=O) groups is 2. The summed E-state index contributed by atoms with van der Waals surface area (Å²) in [5.41, 5.74) is 5.96. The first kappa shape index (κ1) is 25.2. The van der Waals surface area contributed by atoms with Crippen molar-refractivity contribution < 1.29 is 24.2 Å². The zero-order chi connectivity index (χ0) is 26.5. The van der Waals surface area contributed by atoms with Crippen LogP contribution in [0.4, 0.5) is 4.79 Å². The number of hydrogen-bond acceptors (Lipinski definition) is 5. The van der Waals surface area contributed by atoms with Crippen molar-refractivity contribution in [2.75, 3.05) is 6.61 Å². The Kier molecular flexibility index (Phi) is 7.52. The average molecular weight is 508 g/mol. The van der Waals surface area contributed by atoms with Crippen LogP contribution in [0, 0.1) is 0 Å². The highest BCUT2D eigenvalue weighted by molar-refractivity contribution is 5.83. The molecule has 0 saturated heterocycles. The second-order valence-corrected chi connectivity index (χ2v) is 9.33. The van der Waals surface area contributed by atoms with E-state index < -0.39 is 30.3 Å². The van der Waals surface area contributed by atoms with Crippen molar-refractivity contribution in [3.8, 4) is 11.1 Å². The van der Waals surface area contributed by atoms with Gasteiger partial charge in [-0.3, -0.25) is 0 Å². The van der Waals surface area contributed by atoms with Gasteiger partial charge in [0.1, 0.15) is 6.61 Å². The number of esters is 1. The van der Waals surface area contributed by atoms with E-state index >= 15 is 0 Å². The third kappa shape index (κ3) is 5.31. The number of carbonyl (C=O) groups excluding carboxylic acids is 2. The number of aliphatic hydroxyl groups is 1. The zero-order valence-electron chi connectivity index (χ0n) is 21.0. The van der Waals surface area contributed by atoms with E-state index in [2.05, 4.69) is 17.4 Å². The van der Waals surface area contributed by atoms with Gasteiger partial charge in [0.05, 0.1) is 6.10 Å². The van der Waals surface area contributed by atoms with Crippen LogP contribution in [0.3, 0.4) is 0 Å².